The number of benzene rings is 1. The van der Waals surface area contributed by atoms with Crippen LogP contribution >= 0.6 is 0 Å². The zero-order valence-electron chi connectivity index (χ0n) is 7.02. The van der Waals surface area contributed by atoms with Crippen molar-refractivity contribution in [3.05, 3.63) is 39.4 Å². The molecule has 0 saturated heterocycles. The van der Waals surface area contributed by atoms with Crippen LogP contribution in [0, 0.1) is 4.91 Å². The summed E-state index contributed by atoms with van der Waals surface area (Å²) in [7, 11) is 0. The quantitative estimate of drug-likeness (QED) is 0.670. The van der Waals surface area contributed by atoms with Crippen LogP contribution < -0.4 is 5.43 Å². The highest BCUT2D eigenvalue weighted by Gasteiger charge is 2.09. The second-order valence-electron chi connectivity index (χ2n) is 2.79. The van der Waals surface area contributed by atoms with E-state index in [0.717, 1.165) is 0 Å². The number of hydrogen-bond acceptors (Lipinski definition) is 4. The fraction of sp³-hybridized carbons (Fsp3) is 0. The Labute approximate surface area is 78.0 Å². The molecule has 1 heterocycles. The third-order valence-corrected chi connectivity index (χ3v) is 1.96. The summed E-state index contributed by atoms with van der Waals surface area (Å²) in [6, 6.07) is 6.57. The van der Waals surface area contributed by atoms with Crippen molar-refractivity contribution in [1.29, 1.82) is 0 Å². The van der Waals surface area contributed by atoms with E-state index in [1.54, 1.807) is 24.3 Å². The second kappa shape index (κ2) is 2.95. The van der Waals surface area contributed by atoms with Gasteiger partial charge in [0.05, 0.1) is 5.52 Å². The Morgan fingerprint density at radius 3 is 2.71 bits per heavy atom. The van der Waals surface area contributed by atoms with Crippen LogP contribution in [0.4, 0.5) is 5.82 Å². The van der Waals surface area contributed by atoms with Gasteiger partial charge >= 0.3 is 0 Å². The minimum atomic E-state index is -0.640. The molecule has 2 N–H and O–H groups in total. The summed E-state index contributed by atoms with van der Waals surface area (Å²) in [5.41, 5.74) is -0.112. The normalized spacial score (nSPS) is 10.3. The molecule has 0 amide bonds. The number of H-pyrrole nitrogens is 1. The number of para-hydroxylation sites is 1. The summed E-state index contributed by atoms with van der Waals surface area (Å²) < 4.78 is 0. The summed E-state index contributed by atoms with van der Waals surface area (Å²) >= 11 is 0. The average molecular weight is 190 g/mol. The summed E-state index contributed by atoms with van der Waals surface area (Å²) in [5, 5.41) is 12.1. The van der Waals surface area contributed by atoms with Crippen molar-refractivity contribution in [2.24, 2.45) is 5.18 Å². The minimum absolute atomic E-state index is 0.331. The number of aromatic nitrogens is 1. The summed E-state index contributed by atoms with van der Waals surface area (Å²) in [4.78, 5) is 24.2. The predicted octanol–water partition coefficient (Wildman–Crippen LogP) is 1.63. The summed E-state index contributed by atoms with van der Waals surface area (Å²) in [5.74, 6) is -0.979. The fourth-order valence-corrected chi connectivity index (χ4v) is 1.28. The van der Waals surface area contributed by atoms with Gasteiger partial charge in [0, 0.05) is 5.39 Å². The Hall–Kier alpha value is -2.17. The van der Waals surface area contributed by atoms with E-state index < -0.39 is 11.2 Å². The van der Waals surface area contributed by atoms with Crippen molar-refractivity contribution in [3.63, 3.8) is 0 Å². The smallest absolute Gasteiger partial charge is 0.233 e. The average Bonchev–Trinajstić information content (AvgIpc) is 2.23. The van der Waals surface area contributed by atoms with Crippen LogP contribution in [0.3, 0.4) is 0 Å². The molecule has 5 nitrogen and oxygen atoms in total. The fourth-order valence-electron chi connectivity index (χ4n) is 1.28. The van der Waals surface area contributed by atoms with Gasteiger partial charge < -0.3 is 10.1 Å². The Morgan fingerprint density at radius 1 is 1.29 bits per heavy atom. The Kier molecular flexibility index (Phi) is 1.78. The number of rotatable bonds is 1. The summed E-state index contributed by atoms with van der Waals surface area (Å²) in [6.45, 7) is 0. The van der Waals surface area contributed by atoms with E-state index in [-0.39, 0.29) is 5.82 Å². The first-order chi connectivity index (χ1) is 6.74. The van der Waals surface area contributed by atoms with Gasteiger partial charge in [-0.15, -0.1) is 4.91 Å². The molecule has 0 atom stereocenters. The minimum Gasteiger partial charge on any atom is -0.501 e. The van der Waals surface area contributed by atoms with Crippen molar-refractivity contribution in [1.82, 2.24) is 4.98 Å². The first-order valence-electron chi connectivity index (χ1n) is 3.91. The molecule has 0 spiro atoms. The highest BCUT2D eigenvalue weighted by molar-refractivity contribution is 5.81. The van der Waals surface area contributed by atoms with Gasteiger partial charge in [-0.05, 0) is 17.3 Å². The Bertz CT molecular complexity index is 559. The molecule has 14 heavy (non-hydrogen) atoms. The number of aromatic amines is 1. The molecule has 0 unspecified atom stereocenters. The van der Waals surface area contributed by atoms with Gasteiger partial charge in [0.15, 0.2) is 0 Å². The molecule has 70 valence electrons. The Balaban J connectivity index is 2.99. The van der Waals surface area contributed by atoms with Crippen molar-refractivity contribution >= 4 is 16.7 Å². The third-order valence-electron chi connectivity index (χ3n) is 1.96. The number of nitrogens with zero attached hydrogens (tertiary/aromatic N) is 1. The Morgan fingerprint density at radius 2 is 2.00 bits per heavy atom. The number of fused-ring (bicyclic) bond motifs is 1. The molecule has 0 aliphatic heterocycles. The SMILES string of the molecule is O=Nc1[nH]c2ccccc2c(=O)c1O. The van der Waals surface area contributed by atoms with E-state index in [4.69, 9.17) is 0 Å². The molecular weight excluding hydrogens is 184 g/mol. The maximum absolute atomic E-state index is 11.4. The van der Waals surface area contributed by atoms with Gasteiger partial charge in [-0.2, -0.15) is 0 Å². The molecule has 0 bridgehead atoms. The van der Waals surface area contributed by atoms with Gasteiger partial charge in [-0.25, -0.2) is 0 Å². The lowest BCUT2D eigenvalue weighted by Gasteiger charge is -1.99. The molecule has 5 heteroatoms. The lowest BCUT2D eigenvalue weighted by atomic mass is 10.2. The highest BCUT2D eigenvalue weighted by Crippen LogP contribution is 2.22. The number of hydrogen-bond donors (Lipinski definition) is 2. The van der Waals surface area contributed by atoms with Gasteiger partial charge in [0.1, 0.15) is 0 Å². The molecule has 0 fully saturated rings. The molecule has 2 aromatic rings. The number of nitroso groups, excluding NO2 is 1. The van der Waals surface area contributed by atoms with E-state index in [1.165, 1.54) is 0 Å². The van der Waals surface area contributed by atoms with Crippen LogP contribution in [-0.4, -0.2) is 10.1 Å². The van der Waals surface area contributed by atoms with E-state index in [2.05, 4.69) is 10.2 Å². The maximum Gasteiger partial charge on any atom is 0.233 e. The predicted molar refractivity (Wildman–Crippen MR) is 51.7 cm³/mol. The molecule has 0 aliphatic carbocycles. The monoisotopic (exact) mass is 190 g/mol. The zero-order chi connectivity index (χ0) is 10.1. The summed E-state index contributed by atoms with van der Waals surface area (Å²) in [6.07, 6.45) is 0. The van der Waals surface area contributed by atoms with Crippen LogP contribution in [0.15, 0.2) is 34.2 Å². The first kappa shape index (κ1) is 8.43. The van der Waals surface area contributed by atoms with Gasteiger partial charge in [-0.1, -0.05) is 12.1 Å². The maximum atomic E-state index is 11.4. The highest BCUT2D eigenvalue weighted by atomic mass is 16.3. The third kappa shape index (κ3) is 1.06. The standard InChI is InChI=1S/C9H6N2O3/c12-7-5-3-1-2-4-6(5)10-9(11-14)8(7)13/h1-4,13H,(H,10,12). The van der Waals surface area contributed by atoms with E-state index in [0.29, 0.717) is 10.9 Å². The lowest BCUT2D eigenvalue weighted by Crippen LogP contribution is -2.02. The van der Waals surface area contributed by atoms with Gasteiger partial charge in [0.25, 0.3) is 0 Å². The van der Waals surface area contributed by atoms with Crippen LogP contribution in [0.1, 0.15) is 0 Å². The zero-order valence-corrected chi connectivity index (χ0v) is 7.02. The first-order valence-corrected chi connectivity index (χ1v) is 3.91. The van der Waals surface area contributed by atoms with Crippen molar-refractivity contribution in [3.8, 4) is 5.75 Å². The molecule has 1 aromatic carbocycles. The number of aromatic hydroxyl groups is 1. The van der Waals surface area contributed by atoms with Crippen LogP contribution in [-0.2, 0) is 0 Å². The number of pyridine rings is 1. The van der Waals surface area contributed by atoms with Crippen LogP contribution in [0.25, 0.3) is 10.9 Å². The van der Waals surface area contributed by atoms with Crippen molar-refractivity contribution in [2.75, 3.05) is 0 Å². The molecular formula is C9H6N2O3. The molecule has 2 rings (SSSR count). The lowest BCUT2D eigenvalue weighted by molar-refractivity contribution is 0.471. The van der Waals surface area contributed by atoms with Gasteiger partial charge in [0.2, 0.25) is 17.0 Å². The molecule has 1 aromatic heterocycles. The topological polar surface area (TPSA) is 82.5 Å². The van der Waals surface area contributed by atoms with E-state index in [9.17, 15) is 14.8 Å². The van der Waals surface area contributed by atoms with Crippen LogP contribution in [0.2, 0.25) is 0 Å². The molecule has 0 radical (unpaired) electrons. The number of nitrogens with one attached hydrogen (secondary N) is 1. The van der Waals surface area contributed by atoms with Crippen LogP contribution in [0.5, 0.6) is 5.75 Å². The van der Waals surface area contributed by atoms with Crippen molar-refractivity contribution in [2.45, 2.75) is 0 Å². The van der Waals surface area contributed by atoms with E-state index >= 15 is 0 Å². The largest absolute Gasteiger partial charge is 0.501 e. The van der Waals surface area contributed by atoms with E-state index in [1.807, 2.05) is 0 Å². The second-order valence-corrected chi connectivity index (χ2v) is 2.79. The van der Waals surface area contributed by atoms with Crippen molar-refractivity contribution < 1.29 is 5.11 Å². The van der Waals surface area contributed by atoms with Gasteiger partial charge in [-0.3, -0.25) is 4.79 Å². The molecule has 0 saturated carbocycles. The molecule has 0 aliphatic rings.